The quantitative estimate of drug-likeness (QED) is 0.691. The van der Waals surface area contributed by atoms with E-state index in [2.05, 4.69) is 22.0 Å². The van der Waals surface area contributed by atoms with E-state index in [1.807, 2.05) is 18.2 Å². The first-order valence-corrected chi connectivity index (χ1v) is 9.13. The Morgan fingerprint density at radius 2 is 2.04 bits per heavy atom. The number of hydrogen-bond acceptors (Lipinski definition) is 6. The second kappa shape index (κ2) is 6.98. The van der Waals surface area contributed by atoms with Crippen molar-refractivity contribution in [3.05, 3.63) is 47.0 Å². The Balaban J connectivity index is 1.72. The van der Waals surface area contributed by atoms with Crippen LogP contribution in [0.1, 0.15) is 53.1 Å². The molecule has 2 aromatic heterocycles. The molecule has 27 heavy (non-hydrogen) atoms. The number of aromatic nitrogens is 4. The van der Waals surface area contributed by atoms with Crippen LogP contribution in [0.5, 0.6) is 11.5 Å². The molecule has 140 valence electrons. The summed E-state index contributed by atoms with van der Waals surface area (Å²) >= 11 is 0. The van der Waals surface area contributed by atoms with Crippen LogP contribution in [0.2, 0.25) is 0 Å². The Labute approximate surface area is 157 Å². The minimum atomic E-state index is 0.0128. The molecule has 0 N–H and O–H groups in total. The third-order valence-corrected chi connectivity index (χ3v) is 4.98. The molecule has 7 heteroatoms. The van der Waals surface area contributed by atoms with Gasteiger partial charge in [0.15, 0.2) is 11.6 Å². The van der Waals surface area contributed by atoms with Crippen LogP contribution in [0.3, 0.4) is 0 Å². The van der Waals surface area contributed by atoms with Gasteiger partial charge in [0.05, 0.1) is 25.5 Å². The van der Waals surface area contributed by atoms with Gasteiger partial charge in [-0.05, 0) is 24.5 Å². The van der Waals surface area contributed by atoms with Crippen molar-refractivity contribution in [2.24, 2.45) is 0 Å². The van der Waals surface area contributed by atoms with E-state index in [0.29, 0.717) is 24.2 Å². The predicted molar refractivity (Wildman–Crippen MR) is 99.7 cm³/mol. The zero-order chi connectivity index (χ0) is 19.0. The minimum absolute atomic E-state index is 0.0128. The van der Waals surface area contributed by atoms with E-state index >= 15 is 0 Å². The number of methoxy groups -OCH3 is 2. The van der Waals surface area contributed by atoms with Crippen LogP contribution < -0.4 is 9.47 Å². The summed E-state index contributed by atoms with van der Waals surface area (Å²) in [6, 6.07) is 5.71. The number of carbonyl (C=O) groups excluding carboxylic acids is 1. The average Bonchev–Trinajstić information content (AvgIpc) is 3.07. The van der Waals surface area contributed by atoms with Gasteiger partial charge in [0, 0.05) is 31.0 Å². The maximum Gasteiger partial charge on any atom is 0.252 e. The second-order valence-electron chi connectivity index (χ2n) is 6.76. The molecule has 0 fully saturated rings. The van der Waals surface area contributed by atoms with Crippen LogP contribution in [0, 0.1) is 0 Å². The Morgan fingerprint density at radius 3 is 2.78 bits per heavy atom. The van der Waals surface area contributed by atoms with Gasteiger partial charge >= 0.3 is 0 Å². The lowest BCUT2D eigenvalue weighted by Gasteiger charge is -2.24. The highest BCUT2D eigenvalue weighted by Gasteiger charge is 2.30. The first-order chi connectivity index (χ1) is 13.1. The normalized spacial score (nSPS) is 16.4. The van der Waals surface area contributed by atoms with Crippen molar-refractivity contribution < 1.29 is 14.3 Å². The van der Waals surface area contributed by atoms with E-state index in [4.69, 9.17) is 9.47 Å². The molecule has 2 heterocycles. The number of aryl methyl sites for hydroxylation is 1. The number of carbonyl (C=O) groups is 1. The molecule has 0 amide bonds. The van der Waals surface area contributed by atoms with Crippen LogP contribution in [0.25, 0.3) is 5.78 Å². The van der Waals surface area contributed by atoms with Crippen LogP contribution in [0.15, 0.2) is 24.4 Å². The fraction of sp³-hybridized carbons (Fsp3) is 0.400. The summed E-state index contributed by atoms with van der Waals surface area (Å²) in [7, 11) is 3.25. The summed E-state index contributed by atoms with van der Waals surface area (Å²) < 4.78 is 12.4. The average molecular weight is 366 g/mol. The Morgan fingerprint density at radius 1 is 1.19 bits per heavy atom. The molecule has 4 rings (SSSR count). The van der Waals surface area contributed by atoms with Crippen molar-refractivity contribution in [1.29, 1.82) is 0 Å². The number of fused-ring (bicyclic) bond motifs is 2. The highest BCUT2D eigenvalue weighted by Crippen LogP contribution is 2.38. The molecule has 7 nitrogen and oxygen atoms in total. The lowest BCUT2D eigenvalue weighted by atomic mass is 9.82. The predicted octanol–water partition coefficient (Wildman–Crippen LogP) is 3.01. The maximum atomic E-state index is 12.8. The van der Waals surface area contributed by atoms with Gasteiger partial charge in [-0.1, -0.05) is 13.0 Å². The number of rotatable bonds is 5. The summed E-state index contributed by atoms with van der Waals surface area (Å²) in [5.41, 5.74) is 2.41. The monoisotopic (exact) mass is 366 g/mol. The van der Waals surface area contributed by atoms with Crippen molar-refractivity contribution in [3.63, 3.8) is 0 Å². The Bertz CT molecular complexity index is 1010. The smallest absolute Gasteiger partial charge is 0.252 e. The molecule has 0 aliphatic heterocycles. The minimum Gasteiger partial charge on any atom is -0.497 e. The zero-order valence-corrected chi connectivity index (χ0v) is 15.7. The molecule has 1 atom stereocenters. The van der Waals surface area contributed by atoms with Gasteiger partial charge in [0.25, 0.3) is 5.78 Å². The summed E-state index contributed by atoms with van der Waals surface area (Å²) in [6.45, 7) is 2.08. The molecular formula is C20H22N4O3. The molecule has 3 aromatic rings. The van der Waals surface area contributed by atoms with Gasteiger partial charge < -0.3 is 9.47 Å². The molecule has 0 radical (unpaired) electrons. The van der Waals surface area contributed by atoms with Gasteiger partial charge in [0.1, 0.15) is 11.5 Å². The third kappa shape index (κ3) is 3.13. The Kier molecular flexibility index (Phi) is 4.51. The molecule has 1 aromatic carbocycles. The van der Waals surface area contributed by atoms with Gasteiger partial charge in [-0.3, -0.25) is 4.79 Å². The fourth-order valence-corrected chi connectivity index (χ4v) is 3.63. The van der Waals surface area contributed by atoms with Crippen molar-refractivity contribution >= 4 is 11.6 Å². The highest BCUT2D eigenvalue weighted by atomic mass is 16.5. The van der Waals surface area contributed by atoms with Crippen molar-refractivity contribution in [1.82, 2.24) is 19.6 Å². The van der Waals surface area contributed by atoms with E-state index in [9.17, 15) is 4.79 Å². The molecule has 0 saturated carbocycles. The molecular weight excluding hydrogens is 344 g/mol. The van der Waals surface area contributed by atoms with Crippen LogP contribution in [-0.4, -0.2) is 39.6 Å². The van der Waals surface area contributed by atoms with Crippen LogP contribution >= 0.6 is 0 Å². The first-order valence-electron chi connectivity index (χ1n) is 9.13. The molecule has 0 saturated heterocycles. The van der Waals surface area contributed by atoms with Gasteiger partial charge in [-0.15, -0.1) is 5.10 Å². The van der Waals surface area contributed by atoms with Crippen molar-refractivity contribution in [2.45, 2.75) is 38.5 Å². The lowest BCUT2D eigenvalue weighted by Crippen LogP contribution is -2.21. The highest BCUT2D eigenvalue weighted by molar-refractivity contribution is 5.98. The largest absolute Gasteiger partial charge is 0.497 e. The van der Waals surface area contributed by atoms with Crippen LogP contribution in [0.4, 0.5) is 0 Å². The molecule has 1 aliphatic carbocycles. The van der Waals surface area contributed by atoms with Gasteiger partial charge in [-0.2, -0.15) is 4.98 Å². The van der Waals surface area contributed by atoms with E-state index in [-0.39, 0.29) is 11.7 Å². The zero-order valence-electron chi connectivity index (χ0n) is 15.7. The molecule has 1 unspecified atom stereocenters. The second-order valence-corrected chi connectivity index (χ2v) is 6.76. The lowest BCUT2D eigenvalue weighted by molar-refractivity contribution is 0.0962. The summed E-state index contributed by atoms with van der Waals surface area (Å²) in [6.07, 6.45) is 4.62. The van der Waals surface area contributed by atoms with Gasteiger partial charge in [0.2, 0.25) is 0 Å². The van der Waals surface area contributed by atoms with E-state index in [1.54, 1.807) is 24.9 Å². The van der Waals surface area contributed by atoms with E-state index in [0.717, 1.165) is 41.4 Å². The summed E-state index contributed by atoms with van der Waals surface area (Å²) in [5, 5.41) is 4.43. The number of nitrogens with zero attached hydrogens (tertiary/aromatic N) is 4. The number of ether oxygens (including phenoxy) is 2. The third-order valence-electron chi connectivity index (χ3n) is 4.98. The van der Waals surface area contributed by atoms with E-state index < -0.39 is 0 Å². The number of Topliss-reactive ketones (excluding diaryl/α,β-unsaturated/α-hetero) is 1. The first kappa shape index (κ1) is 17.5. The fourth-order valence-electron chi connectivity index (χ4n) is 3.63. The standard InChI is InChI=1S/C20H22N4O3/c1-4-5-19-22-20-21-16-8-12(9-17(25)15(16)11-24(20)23-19)14-7-6-13(26-2)10-18(14)27-3/h6-7,10-12H,4-5,8-9H2,1-3H3. The number of benzene rings is 1. The molecule has 1 aliphatic rings. The summed E-state index contributed by atoms with van der Waals surface area (Å²) in [4.78, 5) is 21.9. The Hall–Kier alpha value is -2.96. The van der Waals surface area contributed by atoms with Gasteiger partial charge in [-0.25, -0.2) is 9.50 Å². The number of hydrogen-bond donors (Lipinski definition) is 0. The topological polar surface area (TPSA) is 78.6 Å². The van der Waals surface area contributed by atoms with Crippen molar-refractivity contribution in [2.75, 3.05) is 14.2 Å². The SMILES string of the molecule is CCCc1nc2nc3c(cn2n1)C(=O)CC(c1ccc(OC)cc1OC)C3. The van der Waals surface area contributed by atoms with E-state index in [1.165, 1.54) is 0 Å². The molecule has 0 spiro atoms. The van der Waals surface area contributed by atoms with Crippen LogP contribution in [-0.2, 0) is 12.8 Å². The number of ketones is 1. The van der Waals surface area contributed by atoms with Crippen molar-refractivity contribution in [3.8, 4) is 11.5 Å². The molecule has 0 bridgehead atoms. The maximum absolute atomic E-state index is 12.8. The summed E-state index contributed by atoms with van der Waals surface area (Å²) in [5.74, 6) is 2.84.